The van der Waals surface area contributed by atoms with Crippen molar-refractivity contribution >= 4 is 87.8 Å². The predicted molar refractivity (Wildman–Crippen MR) is 282 cm³/mol. The first-order valence-electron chi connectivity index (χ1n) is 24.4. The van der Waals surface area contributed by atoms with Crippen molar-refractivity contribution in [1.82, 2.24) is 42.2 Å². The predicted octanol–water partition coefficient (Wildman–Crippen LogP) is -2.54. The maximum atomic E-state index is 14.6. The summed E-state index contributed by atoms with van der Waals surface area (Å²) in [6.07, 6.45) is -0.0316. The molecule has 1 aromatic heterocycles. The van der Waals surface area contributed by atoms with Gasteiger partial charge in [-0.15, -0.1) is 0 Å². The Bertz CT molecular complexity index is 2760. The molecule has 8 atom stereocenters. The van der Waals surface area contributed by atoms with E-state index in [2.05, 4.69) is 42.2 Å². The topological polar surface area (TPSA) is 447 Å². The molecule has 0 aliphatic rings. The van der Waals surface area contributed by atoms with Crippen LogP contribution < -0.4 is 54.4 Å². The third-order valence-electron chi connectivity index (χ3n) is 12.0. The van der Waals surface area contributed by atoms with Gasteiger partial charge in [0.2, 0.25) is 53.2 Å². The number of primary amides is 2. The number of hydrogen-bond donors (Lipinski definition) is 15. The molecule has 420 valence electrons. The maximum absolute atomic E-state index is 14.6. The third kappa shape index (κ3) is 20.2. The zero-order valence-electron chi connectivity index (χ0n) is 42.4. The minimum atomic E-state index is -1.79. The molecule has 3 aromatic carbocycles. The number of carboxylic acids is 2. The van der Waals surface area contributed by atoms with E-state index in [0.717, 1.165) is 0 Å². The molecular weight excluding hydrogens is 1040 g/mol. The second-order valence-corrected chi connectivity index (χ2v) is 19.1. The van der Waals surface area contributed by atoms with Gasteiger partial charge in [-0.2, -0.15) is 11.8 Å². The molecule has 0 saturated carbocycles. The van der Waals surface area contributed by atoms with Crippen molar-refractivity contribution in [3.05, 3.63) is 102 Å². The van der Waals surface area contributed by atoms with Gasteiger partial charge in [-0.05, 0) is 66.2 Å². The molecule has 4 rings (SSSR count). The van der Waals surface area contributed by atoms with Crippen LogP contribution in [-0.2, 0) is 72.0 Å². The van der Waals surface area contributed by atoms with Crippen LogP contribution in [-0.4, -0.2) is 157 Å². The Morgan fingerprint density at radius 1 is 0.538 bits per heavy atom. The smallest absolute Gasteiger partial charge is 0.328 e. The largest absolute Gasteiger partial charge is 0.508 e. The lowest BCUT2D eigenvalue weighted by Crippen LogP contribution is -2.61. The molecule has 0 fully saturated rings. The van der Waals surface area contributed by atoms with Gasteiger partial charge in [0.25, 0.3) is 0 Å². The highest BCUT2D eigenvalue weighted by atomic mass is 32.2. The highest BCUT2D eigenvalue weighted by Crippen LogP contribution is 2.20. The molecule has 0 spiro atoms. The highest BCUT2D eigenvalue weighted by molar-refractivity contribution is 7.98. The summed E-state index contributed by atoms with van der Waals surface area (Å²) >= 11 is 1.31. The minimum Gasteiger partial charge on any atom is -0.508 e. The number of amides is 9. The fraction of sp³-hybridized carbons (Fsp3) is 0.392. The molecule has 0 aliphatic heterocycles. The van der Waals surface area contributed by atoms with Gasteiger partial charge >= 0.3 is 11.9 Å². The van der Waals surface area contributed by atoms with E-state index in [1.807, 2.05) is 0 Å². The quantitative estimate of drug-likeness (QED) is 0.0234. The van der Waals surface area contributed by atoms with Gasteiger partial charge < -0.3 is 79.8 Å². The van der Waals surface area contributed by atoms with E-state index >= 15 is 0 Å². The number of thioether (sulfide) groups is 1. The molecule has 4 aromatic rings. The molecule has 78 heavy (non-hydrogen) atoms. The summed E-state index contributed by atoms with van der Waals surface area (Å²) in [6, 6.07) is 8.25. The van der Waals surface area contributed by atoms with E-state index in [-0.39, 0.29) is 43.6 Å². The lowest BCUT2D eigenvalue weighted by atomic mass is 10.0. The number of nitrogens with one attached hydrogen (secondary N) is 8. The van der Waals surface area contributed by atoms with E-state index in [9.17, 15) is 73.2 Å². The molecule has 1 heterocycles. The second-order valence-electron chi connectivity index (χ2n) is 18.1. The first-order valence-corrected chi connectivity index (χ1v) is 25.8. The number of aliphatic hydroxyl groups excluding tert-OH is 1. The van der Waals surface area contributed by atoms with Gasteiger partial charge in [0.05, 0.1) is 19.1 Å². The van der Waals surface area contributed by atoms with Gasteiger partial charge in [0.1, 0.15) is 48.0 Å². The van der Waals surface area contributed by atoms with Crippen molar-refractivity contribution < 1.29 is 73.2 Å². The van der Waals surface area contributed by atoms with Crippen LogP contribution in [0.1, 0.15) is 55.2 Å². The summed E-state index contributed by atoms with van der Waals surface area (Å²) in [6.45, 7) is -1.02. The SMILES string of the molecule is CSCC[C@H](NC(=O)[C@H](Cc1ccccc1)NC(=O)[C@H](CCC(N)=O)NC(=O)[C@@H](N)CC(N)=O)C(=O)N[C@@H](Cc1c[nH]c2ccccc12)C(=O)N[C@@H](CCC(=O)O)C(=O)N[C@@H](Cc1ccc(O)cc1)C(=O)N[C@@H](CO)C(=O)O. The summed E-state index contributed by atoms with van der Waals surface area (Å²) in [7, 11) is 0. The molecule has 18 N–H and O–H groups in total. The summed E-state index contributed by atoms with van der Waals surface area (Å²) in [5.41, 5.74) is 18.4. The van der Waals surface area contributed by atoms with Gasteiger partial charge in [-0.1, -0.05) is 60.7 Å². The number of phenols is 1. The minimum absolute atomic E-state index is 0.0473. The number of fused-ring (bicyclic) bond motifs is 1. The first-order chi connectivity index (χ1) is 37.1. The number of H-pyrrole nitrogens is 1. The normalized spacial score (nSPS) is 14.1. The Morgan fingerprint density at radius 3 is 1.49 bits per heavy atom. The molecular formula is C51H65N11O15S. The van der Waals surface area contributed by atoms with Crippen LogP contribution in [0.25, 0.3) is 10.9 Å². The zero-order valence-corrected chi connectivity index (χ0v) is 43.2. The van der Waals surface area contributed by atoms with Crippen molar-refractivity contribution in [1.29, 1.82) is 0 Å². The number of hydrogen-bond acceptors (Lipinski definition) is 15. The number of phenolic OH excluding ortho intramolecular Hbond substituents is 1. The molecule has 0 radical (unpaired) electrons. The van der Waals surface area contributed by atoms with Crippen LogP contribution >= 0.6 is 11.8 Å². The van der Waals surface area contributed by atoms with Gasteiger partial charge in [-0.25, -0.2) is 4.79 Å². The number of carbonyl (C=O) groups excluding carboxylic acids is 9. The number of aromatic amines is 1. The molecule has 0 unspecified atom stereocenters. The Morgan fingerprint density at radius 2 is 0.987 bits per heavy atom. The van der Waals surface area contributed by atoms with Crippen LogP contribution in [0.3, 0.4) is 0 Å². The van der Waals surface area contributed by atoms with Crippen molar-refractivity contribution in [2.45, 2.75) is 106 Å². The molecule has 0 saturated heterocycles. The summed E-state index contributed by atoms with van der Waals surface area (Å²) in [5.74, 6) is -11.5. The monoisotopic (exact) mass is 1100 g/mol. The summed E-state index contributed by atoms with van der Waals surface area (Å²) in [4.78, 5) is 148. The average molecular weight is 1100 g/mol. The third-order valence-corrected chi connectivity index (χ3v) is 12.7. The average Bonchev–Trinajstić information content (AvgIpc) is 3.81. The van der Waals surface area contributed by atoms with Crippen LogP contribution in [0.5, 0.6) is 5.75 Å². The van der Waals surface area contributed by atoms with Gasteiger partial charge in [0, 0.05) is 49.2 Å². The fourth-order valence-corrected chi connectivity index (χ4v) is 8.34. The van der Waals surface area contributed by atoms with Crippen LogP contribution in [0, 0.1) is 0 Å². The number of aromatic nitrogens is 1. The Balaban J connectivity index is 1.69. The maximum Gasteiger partial charge on any atom is 0.328 e. The zero-order chi connectivity index (χ0) is 57.5. The summed E-state index contributed by atoms with van der Waals surface area (Å²) < 4.78 is 0. The lowest BCUT2D eigenvalue weighted by molar-refractivity contribution is -0.143. The highest BCUT2D eigenvalue weighted by Gasteiger charge is 2.35. The molecule has 9 amide bonds. The van der Waals surface area contributed by atoms with Crippen molar-refractivity contribution in [2.75, 3.05) is 18.6 Å². The molecule has 0 bridgehead atoms. The number of para-hydroxylation sites is 1. The number of nitrogens with two attached hydrogens (primary N) is 3. The fourth-order valence-electron chi connectivity index (χ4n) is 7.87. The van der Waals surface area contributed by atoms with Crippen LogP contribution in [0.15, 0.2) is 85.1 Å². The van der Waals surface area contributed by atoms with E-state index in [1.54, 1.807) is 67.0 Å². The number of aromatic hydroxyl groups is 1. The molecule has 27 heteroatoms. The first kappa shape index (κ1) is 62.0. The number of benzene rings is 3. The number of carboxylic acid groups (broad SMARTS) is 2. The van der Waals surface area contributed by atoms with Crippen LogP contribution in [0.4, 0.5) is 0 Å². The second kappa shape index (κ2) is 30.9. The van der Waals surface area contributed by atoms with Crippen LogP contribution in [0.2, 0.25) is 0 Å². The van der Waals surface area contributed by atoms with Crippen molar-refractivity contribution in [2.24, 2.45) is 17.2 Å². The number of aliphatic hydroxyl groups is 1. The Labute approximate surface area is 451 Å². The Hall–Kier alpha value is -8.56. The van der Waals surface area contributed by atoms with E-state index in [4.69, 9.17) is 17.2 Å². The van der Waals surface area contributed by atoms with Gasteiger partial charge in [0.15, 0.2) is 0 Å². The standard InChI is InChI=1S/C51H65N11O15S/c1-78-20-19-36(58-48(73)37(21-27-7-3-2-4-8-27)59-45(70)34(15-17-41(53)65)56-44(69)32(52)24-42(54)66)47(72)61-39(23-29-25-55-33-10-6-5-9-31(29)33)50(75)57-35(16-18-43(67)68)46(71)60-38(22-28-11-13-30(64)14-12-28)49(74)62-40(26-63)51(76)77/h2-14,25,32,34-40,55,63-64H,15-24,26,52H2,1H3,(H2,53,65)(H2,54,66)(H,56,69)(H,57,75)(H,58,73)(H,59,70)(H,60,71)(H,61,72)(H,62,74)(H,67,68)(H,76,77)/t32-,34-,35-,36-,37-,38-,39-,40-/m0/s1. The summed E-state index contributed by atoms with van der Waals surface area (Å²) in [5, 5.41) is 56.7. The number of aliphatic carboxylic acids is 2. The van der Waals surface area contributed by atoms with E-state index in [0.29, 0.717) is 27.6 Å². The lowest BCUT2D eigenvalue weighted by Gasteiger charge is -2.28. The van der Waals surface area contributed by atoms with Gasteiger partial charge in [-0.3, -0.25) is 47.9 Å². The van der Waals surface area contributed by atoms with E-state index < -0.39 is 146 Å². The molecule has 26 nitrogen and oxygen atoms in total. The Kier molecular flexibility index (Phi) is 24.5. The molecule has 0 aliphatic carbocycles. The number of carbonyl (C=O) groups is 11. The van der Waals surface area contributed by atoms with E-state index in [1.165, 1.54) is 36.0 Å². The van der Waals surface area contributed by atoms with Crippen molar-refractivity contribution in [3.63, 3.8) is 0 Å². The number of rotatable bonds is 33. The van der Waals surface area contributed by atoms with Crippen molar-refractivity contribution in [3.8, 4) is 5.75 Å².